The summed E-state index contributed by atoms with van der Waals surface area (Å²) in [6.45, 7) is 8.27. The summed E-state index contributed by atoms with van der Waals surface area (Å²) >= 11 is 0. The fourth-order valence-electron chi connectivity index (χ4n) is 1.87. The molecule has 0 amide bonds. The van der Waals surface area contributed by atoms with Crippen LogP contribution in [0.4, 0.5) is 0 Å². The molecule has 0 aliphatic heterocycles. The van der Waals surface area contributed by atoms with Crippen LogP contribution in [-0.2, 0) is 0 Å². The molecule has 1 aromatic carbocycles. The van der Waals surface area contributed by atoms with Gasteiger partial charge in [0.15, 0.2) is 0 Å². The van der Waals surface area contributed by atoms with E-state index in [2.05, 4.69) is 31.1 Å². The highest BCUT2D eigenvalue weighted by molar-refractivity contribution is 6.83. The van der Waals surface area contributed by atoms with Crippen LogP contribution >= 0.6 is 0 Å². The number of carboxylic acids is 1. The second kappa shape index (κ2) is 4.60. The molecule has 98 valence electrons. The van der Waals surface area contributed by atoms with Crippen molar-refractivity contribution in [2.24, 2.45) is 0 Å². The van der Waals surface area contributed by atoms with E-state index < -0.39 is 14.0 Å². The lowest BCUT2D eigenvalue weighted by Gasteiger charge is -2.03. The molecule has 0 spiro atoms. The van der Waals surface area contributed by atoms with Crippen LogP contribution in [0.15, 0.2) is 22.6 Å². The Kier molecular flexibility index (Phi) is 3.25. The number of benzene rings is 1. The fraction of sp³-hybridized carbons (Fsp3) is 0.267. The standard InChI is InChI=1S/C15H16O3Si/c1-10-13-11(8-9-19(2,3)4)6-5-7-12(13)18-14(10)15(16)17/h5-7H,1-4H3,(H,16,17). The lowest BCUT2D eigenvalue weighted by molar-refractivity contribution is 0.0664. The zero-order chi connectivity index (χ0) is 14.2. The molecule has 0 aliphatic rings. The minimum atomic E-state index is -1.47. The van der Waals surface area contributed by atoms with Gasteiger partial charge in [-0.2, -0.15) is 0 Å². The van der Waals surface area contributed by atoms with Crippen LogP contribution in [0.3, 0.4) is 0 Å². The zero-order valence-corrected chi connectivity index (χ0v) is 12.5. The number of aromatic carboxylic acids is 1. The van der Waals surface area contributed by atoms with Gasteiger partial charge in [-0.3, -0.25) is 0 Å². The number of carbonyl (C=O) groups is 1. The van der Waals surface area contributed by atoms with Crippen LogP contribution in [0.5, 0.6) is 0 Å². The summed E-state index contributed by atoms with van der Waals surface area (Å²) < 4.78 is 5.38. The van der Waals surface area contributed by atoms with Crippen molar-refractivity contribution in [3.8, 4) is 11.5 Å². The Balaban J connectivity index is 2.69. The van der Waals surface area contributed by atoms with Gasteiger partial charge in [-0.15, -0.1) is 5.54 Å². The van der Waals surface area contributed by atoms with Crippen molar-refractivity contribution in [1.82, 2.24) is 0 Å². The van der Waals surface area contributed by atoms with Crippen molar-refractivity contribution >= 4 is 25.0 Å². The summed E-state index contributed by atoms with van der Waals surface area (Å²) in [6, 6.07) is 5.52. The van der Waals surface area contributed by atoms with E-state index in [9.17, 15) is 4.79 Å². The van der Waals surface area contributed by atoms with Crippen molar-refractivity contribution in [2.75, 3.05) is 0 Å². The minimum absolute atomic E-state index is 0.00254. The van der Waals surface area contributed by atoms with Gasteiger partial charge in [0, 0.05) is 16.5 Å². The average molecular weight is 272 g/mol. The normalized spacial score (nSPS) is 11.2. The number of carboxylic acid groups (broad SMARTS) is 1. The molecule has 0 radical (unpaired) electrons. The molecule has 0 unspecified atom stereocenters. The van der Waals surface area contributed by atoms with Crippen molar-refractivity contribution in [3.63, 3.8) is 0 Å². The first-order valence-electron chi connectivity index (χ1n) is 6.08. The van der Waals surface area contributed by atoms with Crippen molar-refractivity contribution in [3.05, 3.63) is 35.1 Å². The van der Waals surface area contributed by atoms with E-state index in [1.165, 1.54) is 0 Å². The lowest BCUT2D eigenvalue weighted by atomic mass is 10.1. The average Bonchev–Trinajstić information content (AvgIpc) is 2.64. The highest BCUT2D eigenvalue weighted by atomic mass is 28.3. The van der Waals surface area contributed by atoms with Crippen LogP contribution in [-0.4, -0.2) is 19.1 Å². The second-order valence-electron chi connectivity index (χ2n) is 5.54. The highest BCUT2D eigenvalue weighted by Gasteiger charge is 2.18. The Labute approximate surface area is 113 Å². The summed E-state index contributed by atoms with van der Waals surface area (Å²) in [5.41, 5.74) is 5.36. The number of hydrogen-bond donors (Lipinski definition) is 1. The molecule has 0 fully saturated rings. The van der Waals surface area contributed by atoms with Crippen LogP contribution in [0.25, 0.3) is 11.0 Å². The van der Waals surface area contributed by atoms with E-state index in [4.69, 9.17) is 9.52 Å². The van der Waals surface area contributed by atoms with Gasteiger partial charge >= 0.3 is 5.97 Å². The van der Waals surface area contributed by atoms with Gasteiger partial charge in [-0.1, -0.05) is 31.6 Å². The molecule has 1 N–H and O–H groups in total. The number of rotatable bonds is 1. The van der Waals surface area contributed by atoms with Gasteiger partial charge in [0.2, 0.25) is 5.76 Å². The predicted octanol–water partition coefficient (Wildman–Crippen LogP) is 3.67. The largest absolute Gasteiger partial charge is 0.475 e. The molecular weight excluding hydrogens is 256 g/mol. The Morgan fingerprint density at radius 3 is 2.58 bits per heavy atom. The van der Waals surface area contributed by atoms with Crippen LogP contribution < -0.4 is 0 Å². The summed E-state index contributed by atoms with van der Waals surface area (Å²) in [7, 11) is -1.47. The maximum absolute atomic E-state index is 11.1. The third-order valence-corrected chi connectivity index (χ3v) is 3.60. The van der Waals surface area contributed by atoms with E-state index >= 15 is 0 Å². The third kappa shape index (κ3) is 2.72. The number of furan rings is 1. The SMILES string of the molecule is Cc1c(C(=O)O)oc2cccc(C#C[Si](C)(C)C)c12. The highest BCUT2D eigenvalue weighted by Crippen LogP contribution is 2.28. The summed E-state index contributed by atoms with van der Waals surface area (Å²) in [5.74, 6) is 2.13. The van der Waals surface area contributed by atoms with Gasteiger partial charge in [-0.05, 0) is 19.1 Å². The molecule has 1 aromatic heterocycles. The zero-order valence-electron chi connectivity index (χ0n) is 11.5. The topological polar surface area (TPSA) is 50.4 Å². The van der Waals surface area contributed by atoms with Gasteiger partial charge in [0.05, 0.1) is 0 Å². The molecule has 1 heterocycles. The Hall–Kier alpha value is -1.99. The quantitative estimate of drug-likeness (QED) is 0.636. The minimum Gasteiger partial charge on any atom is -0.475 e. The van der Waals surface area contributed by atoms with Gasteiger partial charge in [-0.25, -0.2) is 4.79 Å². The molecule has 0 bridgehead atoms. The van der Waals surface area contributed by atoms with Crippen LogP contribution in [0.1, 0.15) is 21.7 Å². The molecule has 0 atom stereocenters. The summed E-state index contributed by atoms with van der Waals surface area (Å²) in [4.78, 5) is 11.1. The second-order valence-corrected chi connectivity index (χ2v) is 10.3. The molecule has 0 saturated heterocycles. The first kappa shape index (κ1) is 13.4. The number of hydrogen-bond acceptors (Lipinski definition) is 2. The maximum Gasteiger partial charge on any atom is 0.372 e. The Morgan fingerprint density at radius 1 is 1.32 bits per heavy atom. The number of fused-ring (bicyclic) bond motifs is 1. The smallest absolute Gasteiger partial charge is 0.372 e. The first-order chi connectivity index (χ1) is 8.79. The fourth-order valence-corrected chi connectivity index (χ4v) is 2.38. The molecule has 19 heavy (non-hydrogen) atoms. The van der Waals surface area contributed by atoms with Crippen LogP contribution in [0.2, 0.25) is 19.6 Å². The van der Waals surface area contributed by atoms with E-state index in [0.717, 1.165) is 10.9 Å². The first-order valence-corrected chi connectivity index (χ1v) is 9.58. The monoisotopic (exact) mass is 272 g/mol. The molecule has 3 nitrogen and oxygen atoms in total. The lowest BCUT2D eigenvalue weighted by Crippen LogP contribution is -2.16. The van der Waals surface area contributed by atoms with Gasteiger partial charge in [0.1, 0.15) is 13.7 Å². The Bertz CT molecular complexity index is 709. The molecule has 0 saturated carbocycles. The van der Waals surface area contributed by atoms with E-state index in [-0.39, 0.29) is 5.76 Å². The molecule has 2 rings (SSSR count). The molecule has 0 aliphatic carbocycles. The molecule has 4 heteroatoms. The van der Waals surface area contributed by atoms with E-state index in [1.54, 1.807) is 13.0 Å². The predicted molar refractivity (Wildman–Crippen MR) is 78.1 cm³/mol. The Morgan fingerprint density at radius 2 is 2.00 bits per heavy atom. The van der Waals surface area contributed by atoms with Crippen LogP contribution in [0, 0.1) is 18.4 Å². The van der Waals surface area contributed by atoms with Crippen molar-refractivity contribution < 1.29 is 14.3 Å². The van der Waals surface area contributed by atoms with E-state index in [1.807, 2.05) is 12.1 Å². The summed E-state index contributed by atoms with van der Waals surface area (Å²) in [5, 5.41) is 9.90. The van der Waals surface area contributed by atoms with Crippen molar-refractivity contribution in [1.29, 1.82) is 0 Å². The third-order valence-electron chi connectivity index (χ3n) is 2.72. The number of aryl methyl sites for hydroxylation is 1. The molecular formula is C15H16O3Si. The van der Waals surface area contributed by atoms with E-state index in [0.29, 0.717) is 11.1 Å². The van der Waals surface area contributed by atoms with Gasteiger partial charge < -0.3 is 9.52 Å². The molecule has 2 aromatic rings. The summed E-state index contributed by atoms with van der Waals surface area (Å²) in [6.07, 6.45) is 0. The maximum atomic E-state index is 11.1. The van der Waals surface area contributed by atoms with Gasteiger partial charge in [0.25, 0.3) is 0 Å². The van der Waals surface area contributed by atoms with Crippen molar-refractivity contribution in [2.45, 2.75) is 26.6 Å².